The van der Waals surface area contributed by atoms with E-state index in [0.29, 0.717) is 44.1 Å². The zero-order valence-electron chi connectivity index (χ0n) is 13.8. The summed E-state index contributed by atoms with van der Waals surface area (Å²) in [6, 6.07) is 3.60. The highest BCUT2D eigenvalue weighted by Gasteiger charge is 2.32. The summed E-state index contributed by atoms with van der Waals surface area (Å²) in [5.41, 5.74) is 0. The molecule has 0 radical (unpaired) electrons. The Morgan fingerprint density at radius 3 is 2.72 bits per heavy atom. The van der Waals surface area contributed by atoms with E-state index in [4.69, 9.17) is 14.6 Å². The van der Waals surface area contributed by atoms with Gasteiger partial charge in [-0.05, 0) is 25.0 Å². The SMILES string of the molecule is O=C1[C@H](NS(=O)(=O)c2ccc3c(c2)OCCCO3)CCCN1CCO. The third kappa shape index (κ3) is 4.05. The van der Waals surface area contributed by atoms with Gasteiger partial charge in [-0.25, -0.2) is 8.42 Å². The van der Waals surface area contributed by atoms with Crippen molar-refractivity contribution < 1.29 is 27.8 Å². The summed E-state index contributed by atoms with van der Waals surface area (Å²) in [6.45, 7) is 1.58. The zero-order chi connectivity index (χ0) is 17.9. The average molecular weight is 370 g/mol. The molecule has 0 unspecified atom stereocenters. The van der Waals surface area contributed by atoms with E-state index in [0.717, 1.165) is 6.42 Å². The number of nitrogens with zero attached hydrogens (tertiary/aromatic N) is 1. The number of rotatable bonds is 5. The first kappa shape index (κ1) is 18.0. The molecule has 3 rings (SSSR count). The summed E-state index contributed by atoms with van der Waals surface area (Å²) >= 11 is 0. The van der Waals surface area contributed by atoms with Crippen molar-refractivity contribution in [2.45, 2.75) is 30.2 Å². The Hall–Kier alpha value is -1.84. The van der Waals surface area contributed by atoms with Crippen molar-refractivity contribution in [1.29, 1.82) is 0 Å². The fourth-order valence-electron chi connectivity index (χ4n) is 2.96. The van der Waals surface area contributed by atoms with E-state index in [1.165, 1.54) is 17.0 Å². The van der Waals surface area contributed by atoms with Crippen LogP contribution in [0.25, 0.3) is 0 Å². The van der Waals surface area contributed by atoms with Crippen LogP contribution in [-0.4, -0.2) is 63.3 Å². The number of carbonyl (C=O) groups excluding carboxylic acids is 1. The maximum atomic E-state index is 12.7. The molecule has 2 aliphatic rings. The number of likely N-dealkylation sites (tertiary alicyclic amines) is 1. The third-order valence-corrected chi connectivity index (χ3v) is 5.70. The molecule has 25 heavy (non-hydrogen) atoms. The fourth-order valence-corrected chi connectivity index (χ4v) is 4.20. The molecule has 9 heteroatoms. The van der Waals surface area contributed by atoms with Gasteiger partial charge in [0.1, 0.15) is 6.04 Å². The number of amides is 1. The van der Waals surface area contributed by atoms with Crippen molar-refractivity contribution in [3.8, 4) is 11.5 Å². The van der Waals surface area contributed by atoms with Gasteiger partial charge in [-0.1, -0.05) is 0 Å². The number of hydrogen-bond donors (Lipinski definition) is 2. The van der Waals surface area contributed by atoms with Crippen molar-refractivity contribution in [3.05, 3.63) is 18.2 Å². The number of aliphatic hydroxyl groups excluding tert-OH is 1. The van der Waals surface area contributed by atoms with Crippen LogP contribution in [0.1, 0.15) is 19.3 Å². The summed E-state index contributed by atoms with van der Waals surface area (Å²) in [5, 5.41) is 9.01. The van der Waals surface area contributed by atoms with E-state index in [1.807, 2.05) is 0 Å². The number of carbonyl (C=O) groups is 1. The highest BCUT2D eigenvalue weighted by molar-refractivity contribution is 7.89. The van der Waals surface area contributed by atoms with E-state index in [1.54, 1.807) is 6.07 Å². The van der Waals surface area contributed by atoms with E-state index >= 15 is 0 Å². The molecule has 1 aromatic carbocycles. The Morgan fingerprint density at radius 1 is 1.20 bits per heavy atom. The lowest BCUT2D eigenvalue weighted by molar-refractivity contribution is -0.135. The van der Waals surface area contributed by atoms with Crippen LogP contribution in [0.15, 0.2) is 23.1 Å². The van der Waals surface area contributed by atoms with E-state index in [9.17, 15) is 13.2 Å². The second kappa shape index (κ2) is 7.59. The van der Waals surface area contributed by atoms with Crippen LogP contribution in [0, 0.1) is 0 Å². The van der Waals surface area contributed by atoms with Crippen LogP contribution < -0.4 is 14.2 Å². The Kier molecular flexibility index (Phi) is 5.45. The van der Waals surface area contributed by atoms with Crippen molar-refractivity contribution in [2.24, 2.45) is 0 Å². The second-order valence-electron chi connectivity index (χ2n) is 6.02. The van der Waals surface area contributed by atoms with Gasteiger partial charge in [-0.15, -0.1) is 0 Å². The van der Waals surface area contributed by atoms with Crippen LogP contribution in [0.2, 0.25) is 0 Å². The molecule has 0 saturated carbocycles. The minimum atomic E-state index is -3.87. The van der Waals surface area contributed by atoms with Crippen molar-refractivity contribution in [1.82, 2.24) is 9.62 Å². The van der Waals surface area contributed by atoms with E-state index < -0.39 is 16.1 Å². The van der Waals surface area contributed by atoms with Crippen molar-refractivity contribution in [3.63, 3.8) is 0 Å². The van der Waals surface area contributed by atoms with Crippen molar-refractivity contribution >= 4 is 15.9 Å². The van der Waals surface area contributed by atoms with Crippen LogP contribution in [0.5, 0.6) is 11.5 Å². The molecule has 2 heterocycles. The average Bonchev–Trinajstić information content (AvgIpc) is 2.83. The predicted octanol–water partition coefficient (Wildman–Crippen LogP) is 0.109. The first-order chi connectivity index (χ1) is 12.0. The molecular formula is C16H22N2O6S. The monoisotopic (exact) mass is 370 g/mol. The number of ether oxygens (including phenoxy) is 2. The van der Waals surface area contributed by atoms with E-state index in [-0.39, 0.29) is 24.0 Å². The zero-order valence-corrected chi connectivity index (χ0v) is 14.6. The first-order valence-electron chi connectivity index (χ1n) is 8.33. The van der Waals surface area contributed by atoms with Gasteiger partial charge in [-0.2, -0.15) is 4.72 Å². The lowest BCUT2D eigenvalue weighted by Gasteiger charge is -2.32. The molecule has 1 saturated heterocycles. The number of β-amino-alcohol motifs (C(OH)–C–C–N with tert-alkyl or cyclic N) is 1. The second-order valence-corrected chi connectivity index (χ2v) is 7.74. The van der Waals surface area contributed by atoms with Gasteiger partial charge in [-0.3, -0.25) is 4.79 Å². The van der Waals surface area contributed by atoms with Crippen LogP contribution in [0.4, 0.5) is 0 Å². The highest BCUT2D eigenvalue weighted by atomic mass is 32.2. The summed E-state index contributed by atoms with van der Waals surface area (Å²) in [5.74, 6) is 0.592. The Morgan fingerprint density at radius 2 is 1.96 bits per heavy atom. The van der Waals surface area contributed by atoms with Gasteiger partial charge in [0.2, 0.25) is 15.9 Å². The van der Waals surface area contributed by atoms with Gasteiger partial charge < -0.3 is 19.5 Å². The van der Waals surface area contributed by atoms with Crippen LogP contribution >= 0.6 is 0 Å². The molecule has 1 aromatic rings. The molecule has 0 spiro atoms. The summed E-state index contributed by atoms with van der Waals surface area (Å²) < 4.78 is 38.8. The molecule has 1 atom stereocenters. The fraction of sp³-hybridized carbons (Fsp3) is 0.562. The summed E-state index contributed by atoms with van der Waals surface area (Å²) in [6.07, 6.45) is 1.84. The molecule has 8 nitrogen and oxygen atoms in total. The third-order valence-electron chi connectivity index (χ3n) is 4.23. The molecule has 2 N–H and O–H groups in total. The molecular weight excluding hydrogens is 348 g/mol. The molecule has 0 aliphatic carbocycles. The Bertz CT molecular complexity index is 734. The Balaban J connectivity index is 1.77. The molecule has 138 valence electrons. The first-order valence-corrected chi connectivity index (χ1v) is 9.81. The number of hydrogen-bond acceptors (Lipinski definition) is 6. The molecule has 1 fully saturated rings. The summed E-state index contributed by atoms with van der Waals surface area (Å²) in [7, 11) is -3.87. The molecule has 0 bridgehead atoms. The number of fused-ring (bicyclic) bond motifs is 1. The molecule has 2 aliphatic heterocycles. The van der Waals surface area contributed by atoms with Gasteiger partial charge in [0.05, 0.1) is 24.7 Å². The van der Waals surface area contributed by atoms with Gasteiger partial charge in [0, 0.05) is 25.6 Å². The standard InChI is InChI=1S/C16H22N2O6S/c19-8-7-18-6-1-3-13(16(18)20)17-25(21,22)12-4-5-14-15(11-12)24-10-2-9-23-14/h4-5,11,13,17,19H,1-3,6-10H2/t13-/m1/s1. The Labute approximate surface area is 146 Å². The quantitative estimate of drug-likeness (QED) is 0.762. The highest BCUT2D eigenvalue weighted by Crippen LogP contribution is 2.32. The lowest BCUT2D eigenvalue weighted by atomic mass is 10.1. The molecule has 1 amide bonds. The number of benzene rings is 1. The number of nitrogens with one attached hydrogen (secondary N) is 1. The lowest BCUT2D eigenvalue weighted by Crippen LogP contribution is -2.52. The normalized spacial score (nSPS) is 21.1. The van der Waals surface area contributed by atoms with Gasteiger partial charge >= 0.3 is 0 Å². The van der Waals surface area contributed by atoms with Crippen LogP contribution in [0.3, 0.4) is 0 Å². The predicted molar refractivity (Wildman–Crippen MR) is 89.1 cm³/mol. The maximum absolute atomic E-state index is 12.7. The topological polar surface area (TPSA) is 105 Å². The van der Waals surface area contributed by atoms with Crippen LogP contribution in [-0.2, 0) is 14.8 Å². The number of sulfonamides is 1. The van der Waals surface area contributed by atoms with Gasteiger partial charge in [0.15, 0.2) is 11.5 Å². The van der Waals surface area contributed by atoms with Crippen molar-refractivity contribution in [2.75, 3.05) is 32.9 Å². The number of piperidine rings is 1. The van der Waals surface area contributed by atoms with Gasteiger partial charge in [0.25, 0.3) is 0 Å². The van der Waals surface area contributed by atoms with E-state index in [2.05, 4.69) is 4.72 Å². The largest absolute Gasteiger partial charge is 0.490 e. The smallest absolute Gasteiger partial charge is 0.241 e. The summed E-state index contributed by atoms with van der Waals surface area (Å²) in [4.78, 5) is 13.9. The maximum Gasteiger partial charge on any atom is 0.241 e. The number of aliphatic hydroxyl groups is 1. The minimum absolute atomic E-state index is 0.0313. The minimum Gasteiger partial charge on any atom is -0.490 e. The molecule has 0 aromatic heterocycles.